The molecule has 664 valence electrons. The molecule has 3 aliphatic rings. The summed E-state index contributed by atoms with van der Waals surface area (Å²) in [6.45, 7) is 1.63. The van der Waals surface area contributed by atoms with E-state index in [4.69, 9.17) is 28.4 Å². The molecule has 0 spiro atoms. The van der Waals surface area contributed by atoms with Gasteiger partial charge in [-0.15, -0.1) is 0 Å². The fraction of sp³-hybridized carbons (Fsp3) is 0.781. The fourth-order valence-corrected chi connectivity index (χ4v) is 14.9. The molecule has 3 fully saturated rings. The summed E-state index contributed by atoms with van der Waals surface area (Å²) in [6.07, 6.45) is 79.3. The van der Waals surface area contributed by atoms with Crippen LogP contribution >= 0.6 is 0 Å². The van der Waals surface area contributed by atoms with E-state index < -0.39 is 124 Å². The number of nitrogens with one attached hydrogen (secondary N) is 1. The number of aliphatic hydroxyl groups is 11. The average Bonchev–Trinajstić information content (AvgIpc) is 0.779. The number of allylic oxidation sites excluding steroid dienone is 19. The predicted octanol–water partition coefficient (Wildman–Crippen LogP) is 18.2. The summed E-state index contributed by atoms with van der Waals surface area (Å²) in [6, 6.07) is -1.00. The Hall–Kier alpha value is -3.81. The lowest BCUT2D eigenvalue weighted by molar-refractivity contribution is -0.379. The molecule has 0 aromatic heterocycles. The molecule has 0 saturated carbocycles. The molecule has 19 heteroatoms. The first kappa shape index (κ1) is 105. The molecule has 3 heterocycles. The van der Waals surface area contributed by atoms with Gasteiger partial charge in [-0.1, -0.05) is 360 Å². The van der Waals surface area contributed by atoms with E-state index in [9.17, 15) is 61.0 Å². The average molecular weight is 1620 g/mol. The Kier molecular flexibility index (Phi) is 67.9. The van der Waals surface area contributed by atoms with Crippen molar-refractivity contribution in [1.29, 1.82) is 0 Å². The summed E-state index contributed by atoms with van der Waals surface area (Å²) >= 11 is 0. The molecular formula is C96H167NO18. The first-order chi connectivity index (χ1) is 56.3. The van der Waals surface area contributed by atoms with E-state index in [0.29, 0.717) is 12.8 Å². The lowest BCUT2D eigenvalue weighted by Crippen LogP contribution is -2.66. The molecule has 19 nitrogen and oxygen atoms in total. The van der Waals surface area contributed by atoms with Crippen molar-refractivity contribution >= 4 is 5.91 Å². The normalized spacial score (nSPS) is 25.2. The standard InChI is InChI=1S/C96H167NO18/c1-3-5-7-9-11-13-15-17-19-21-23-25-27-29-31-33-35-36-37-38-39-40-41-42-44-46-48-50-52-54-56-58-60-62-64-66-68-70-72-74-84(102)97-79(80(101)73-71-69-67-65-63-61-59-57-55-53-51-49-47-45-43-34-32-30-28-26-24-22-20-18-16-14-12-10-8-6-4-2)78-110-94-90(108)87(105)92(82(76-99)112-94)115-96-91(109)88(106)93(83(77-100)113-96)114-95-89(107)86(104)85(103)81(75-98)111-95/h5,7,11,13,17,19,23,25,29,31,35-36,38-39,55,57,63,65,71,73,79-83,85-96,98-101,103-109H,3-4,6,8-10,12,14-16,18,20-22,24,26-28,30,32-34,37,40-54,56,58-62,64,66-70,72,74-78H2,1-2H3,(H,97,102)/b7-5-,13-11-,19-17-,25-23-,31-29-,36-35-,39-38-,57-55+,65-63+,73-71+. The molecule has 115 heavy (non-hydrogen) atoms. The van der Waals surface area contributed by atoms with Crippen molar-refractivity contribution in [3.8, 4) is 0 Å². The van der Waals surface area contributed by atoms with Gasteiger partial charge in [0.2, 0.25) is 5.91 Å². The monoisotopic (exact) mass is 1620 g/mol. The minimum Gasteiger partial charge on any atom is -0.394 e. The molecule has 3 saturated heterocycles. The van der Waals surface area contributed by atoms with Crippen molar-refractivity contribution in [2.24, 2.45) is 0 Å². The van der Waals surface area contributed by atoms with Gasteiger partial charge in [0, 0.05) is 6.42 Å². The molecule has 12 N–H and O–H groups in total. The second-order valence-electron chi connectivity index (χ2n) is 32.4. The third kappa shape index (κ3) is 52.2. The lowest BCUT2D eigenvalue weighted by Gasteiger charge is -2.48. The highest BCUT2D eigenvalue weighted by atomic mass is 16.8. The Morgan fingerprint density at radius 3 is 0.974 bits per heavy atom. The smallest absolute Gasteiger partial charge is 0.220 e. The van der Waals surface area contributed by atoms with Crippen LogP contribution in [0.4, 0.5) is 0 Å². The van der Waals surface area contributed by atoms with Gasteiger partial charge in [-0.05, 0) is 103 Å². The quantitative estimate of drug-likeness (QED) is 0.0199. The number of carbonyl (C=O) groups is 1. The maximum atomic E-state index is 13.5. The summed E-state index contributed by atoms with van der Waals surface area (Å²) in [4.78, 5) is 13.5. The lowest BCUT2D eigenvalue weighted by atomic mass is 9.96. The van der Waals surface area contributed by atoms with E-state index in [-0.39, 0.29) is 18.9 Å². The van der Waals surface area contributed by atoms with Gasteiger partial charge < -0.3 is 89.9 Å². The number of ether oxygens (including phenoxy) is 6. The SMILES string of the molecule is CC/C=C\C/C=C\C/C=C\C/C=C\C/C=C\C/C=C\C/C=C\CCCCCCCCCCCCCCCCCCCC(=O)NC(COC1OC(CO)C(OC2OC(CO)C(OC3OC(CO)C(O)C(O)C3O)C(O)C2O)C(O)C1O)C(O)/C=C/CC/C=C/CC/C=C/CCCCCCCCCCCCCCCCCCCCCCC. The molecule has 1 amide bonds. The zero-order chi connectivity index (χ0) is 83.1. The fourth-order valence-electron chi connectivity index (χ4n) is 14.9. The van der Waals surface area contributed by atoms with E-state index >= 15 is 0 Å². The topological polar surface area (TPSA) is 307 Å². The van der Waals surface area contributed by atoms with Crippen molar-refractivity contribution in [2.75, 3.05) is 26.4 Å². The van der Waals surface area contributed by atoms with Crippen LogP contribution < -0.4 is 5.32 Å². The van der Waals surface area contributed by atoms with Crippen molar-refractivity contribution in [2.45, 2.75) is 452 Å². The van der Waals surface area contributed by atoms with Gasteiger partial charge in [0.25, 0.3) is 0 Å². The van der Waals surface area contributed by atoms with Crippen LogP contribution in [0.2, 0.25) is 0 Å². The Balaban J connectivity index is 1.33. The first-order valence-electron chi connectivity index (χ1n) is 46.3. The molecule has 0 aromatic rings. The van der Waals surface area contributed by atoms with Crippen molar-refractivity contribution in [1.82, 2.24) is 5.32 Å². The zero-order valence-electron chi connectivity index (χ0n) is 71.7. The van der Waals surface area contributed by atoms with Crippen LogP contribution in [0.5, 0.6) is 0 Å². The highest BCUT2D eigenvalue weighted by molar-refractivity contribution is 5.76. The van der Waals surface area contributed by atoms with E-state index in [1.165, 1.54) is 225 Å². The van der Waals surface area contributed by atoms with Crippen LogP contribution in [0.3, 0.4) is 0 Å². The summed E-state index contributed by atoms with van der Waals surface area (Å²) in [5, 5.41) is 121. The number of carbonyl (C=O) groups excluding carboxylic acids is 1. The van der Waals surface area contributed by atoms with E-state index in [1.807, 2.05) is 6.08 Å². The molecule has 3 aliphatic heterocycles. The first-order valence-corrected chi connectivity index (χ1v) is 46.3. The molecular weight excluding hydrogens is 1460 g/mol. The van der Waals surface area contributed by atoms with Crippen LogP contribution in [0, 0.1) is 0 Å². The van der Waals surface area contributed by atoms with Crippen LogP contribution in [0.25, 0.3) is 0 Å². The molecule has 0 bridgehead atoms. The van der Waals surface area contributed by atoms with Crippen LogP contribution in [-0.2, 0) is 33.2 Å². The van der Waals surface area contributed by atoms with Crippen LogP contribution in [-0.4, -0.2) is 193 Å². The molecule has 17 atom stereocenters. The van der Waals surface area contributed by atoms with Gasteiger partial charge in [-0.2, -0.15) is 0 Å². The number of rotatable bonds is 74. The zero-order valence-corrected chi connectivity index (χ0v) is 71.7. The van der Waals surface area contributed by atoms with Gasteiger partial charge in [0.1, 0.15) is 73.2 Å². The largest absolute Gasteiger partial charge is 0.394 e. The third-order valence-electron chi connectivity index (χ3n) is 22.2. The van der Waals surface area contributed by atoms with Gasteiger partial charge in [0.05, 0.1) is 38.6 Å². The Morgan fingerprint density at radius 1 is 0.322 bits per heavy atom. The number of aliphatic hydroxyl groups excluding tert-OH is 11. The maximum Gasteiger partial charge on any atom is 0.220 e. The van der Waals surface area contributed by atoms with Gasteiger partial charge in [-0.3, -0.25) is 4.79 Å². The van der Waals surface area contributed by atoms with Gasteiger partial charge in [0.15, 0.2) is 18.9 Å². The van der Waals surface area contributed by atoms with Crippen molar-refractivity contribution < 1.29 is 89.4 Å². The van der Waals surface area contributed by atoms with E-state index in [2.05, 4.69) is 129 Å². The molecule has 17 unspecified atom stereocenters. The molecule has 0 aromatic carbocycles. The molecule has 0 radical (unpaired) electrons. The third-order valence-corrected chi connectivity index (χ3v) is 22.2. The number of hydrogen-bond donors (Lipinski definition) is 12. The highest BCUT2D eigenvalue weighted by Crippen LogP contribution is 2.33. The Labute approximate surface area is 697 Å². The van der Waals surface area contributed by atoms with E-state index in [0.717, 1.165) is 89.9 Å². The van der Waals surface area contributed by atoms with Gasteiger partial charge >= 0.3 is 0 Å². The molecule has 0 aliphatic carbocycles. The second-order valence-corrected chi connectivity index (χ2v) is 32.4. The summed E-state index contributed by atoms with van der Waals surface area (Å²) in [7, 11) is 0. The molecule has 3 rings (SSSR count). The van der Waals surface area contributed by atoms with Crippen LogP contribution in [0.15, 0.2) is 122 Å². The Bertz CT molecular complexity index is 2550. The minimum absolute atomic E-state index is 0.228. The van der Waals surface area contributed by atoms with Gasteiger partial charge in [-0.25, -0.2) is 0 Å². The summed E-state index contributed by atoms with van der Waals surface area (Å²) in [5.41, 5.74) is 0. The summed E-state index contributed by atoms with van der Waals surface area (Å²) < 4.78 is 34.5. The maximum absolute atomic E-state index is 13.5. The number of hydrogen-bond acceptors (Lipinski definition) is 18. The minimum atomic E-state index is -1.99. The second kappa shape index (κ2) is 74.1. The van der Waals surface area contributed by atoms with Crippen molar-refractivity contribution in [3.05, 3.63) is 122 Å². The van der Waals surface area contributed by atoms with E-state index in [1.54, 1.807) is 6.08 Å². The summed E-state index contributed by atoms with van der Waals surface area (Å²) in [5.74, 6) is -0.289. The van der Waals surface area contributed by atoms with Crippen molar-refractivity contribution in [3.63, 3.8) is 0 Å². The highest BCUT2D eigenvalue weighted by Gasteiger charge is 2.54. The number of unbranched alkanes of at least 4 members (excludes halogenated alkanes) is 40. The Morgan fingerprint density at radius 2 is 0.609 bits per heavy atom. The van der Waals surface area contributed by atoms with Crippen LogP contribution in [0.1, 0.15) is 348 Å². The predicted molar refractivity (Wildman–Crippen MR) is 466 cm³/mol. The number of amides is 1.